The molecule has 0 amide bonds. The number of aromatic nitrogens is 2. The molecule has 0 saturated heterocycles. The van der Waals surface area contributed by atoms with E-state index in [0.717, 1.165) is 0 Å². The van der Waals surface area contributed by atoms with Crippen molar-refractivity contribution in [3.63, 3.8) is 0 Å². The summed E-state index contributed by atoms with van der Waals surface area (Å²) >= 11 is 6.21. The molecule has 0 radical (unpaired) electrons. The molecule has 0 spiro atoms. The summed E-state index contributed by atoms with van der Waals surface area (Å²) in [5, 5.41) is 12.0. The number of rotatable bonds is 3. The van der Waals surface area contributed by atoms with E-state index >= 15 is 0 Å². The molecule has 4 rings (SSSR count). The number of phenolic OH excluding ortho intramolecular Hbond substituents is 1. The maximum Gasteiger partial charge on any atom is 0.344 e. The van der Waals surface area contributed by atoms with Crippen LogP contribution in [0.15, 0.2) is 36.4 Å². The minimum absolute atomic E-state index is 0.0791. The van der Waals surface area contributed by atoms with Crippen LogP contribution in [0, 0.1) is 0 Å². The van der Waals surface area contributed by atoms with Crippen LogP contribution in [0.1, 0.15) is 27.6 Å². The van der Waals surface area contributed by atoms with E-state index in [1.54, 1.807) is 31.2 Å². The first-order chi connectivity index (χ1) is 14.0. The monoisotopic (exact) mass is 410 g/mol. The van der Waals surface area contributed by atoms with Crippen molar-refractivity contribution in [1.82, 2.24) is 9.97 Å². The highest BCUT2D eigenvalue weighted by Crippen LogP contribution is 2.37. The lowest BCUT2D eigenvalue weighted by atomic mass is 10.0. The van der Waals surface area contributed by atoms with Crippen LogP contribution in [0.2, 0.25) is 5.02 Å². The van der Waals surface area contributed by atoms with Crippen molar-refractivity contribution < 1.29 is 24.2 Å². The highest BCUT2D eigenvalue weighted by Gasteiger charge is 2.24. The first kappa shape index (κ1) is 18.9. The summed E-state index contributed by atoms with van der Waals surface area (Å²) in [6.07, 6.45) is 0. The minimum atomic E-state index is -0.712. The average Bonchev–Trinajstić information content (AvgIpc) is 2.72. The highest BCUT2D eigenvalue weighted by atomic mass is 35.5. The zero-order valence-electron chi connectivity index (χ0n) is 15.5. The minimum Gasteiger partial charge on any atom is -0.506 e. The molecule has 4 aromatic rings. The van der Waals surface area contributed by atoms with Gasteiger partial charge in [0, 0.05) is 10.8 Å². The number of carbonyl (C=O) groups excluding carboxylic acids is 2. The van der Waals surface area contributed by atoms with Crippen molar-refractivity contribution in [3.05, 3.63) is 52.5 Å². The summed E-state index contributed by atoms with van der Waals surface area (Å²) in [6.45, 7) is 1.81. The second-order valence-electron chi connectivity index (χ2n) is 6.22. The molecular weight excluding hydrogens is 396 g/mol. The van der Waals surface area contributed by atoms with Crippen LogP contribution in [0.25, 0.3) is 32.8 Å². The number of ether oxygens (including phenoxy) is 2. The summed E-state index contributed by atoms with van der Waals surface area (Å²) in [5.41, 5.74) is 1.38. The molecule has 0 bridgehead atoms. The Morgan fingerprint density at radius 3 is 2.38 bits per heavy atom. The van der Waals surface area contributed by atoms with Gasteiger partial charge in [-0.15, -0.1) is 0 Å². The van der Waals surface area contributed by atoms with Gasteiger partial charge in [0.15, 0.2) is 0 Å². The van der Waals surface area contributed by atoms with Gasteiger partial charge in [0.1, 0.15) is 16.8 Å². The second kappa shape index (κ2) is 7.18. The number of benzene rings is 3. The number of nitrogens with zero attached hydrogens (tertiary/aromatic N) is 2. The summed E-state index contributed by atoms with van der Waals surface area (Å²) in [7, 11) is 1.25. The van der Waals surface area contributed by atoms with Crippen LogP contribution in [-0.4, -0.2) is 40.7 Å². The first-order valence-corrected chi connectivity index (χ1v) is 9.14. The van der Waals surface area contributed by atoms with Crippen molar-refractivity contribution in [1.29, 1.82) is 0 Å². The molecule has 0 aliphatic carbocycles. The summed E-state index contributed by atoms with van der Waals surface area (Å²) in [5.74, 6) is -1.57. The Hall–Kier alpha value is -3.45. The summed E-state index contributed by atoms with van der Waals surface area (Å²) < 4.78 is 9.85. The fourth-order valence-corrected chi connectivity index (χ4v) is 3.48. The van der Waals surface area contributed by atoms with Gasteiger partial charge in [-0.05, 0) is 19.1 Å². The van der Waals surface area contributed by atoms with Crippen LogP contribution in [0.4, 0.5) is 0 Å². The zero-order chi connectivity index (χ0) is 20.7. The Kier molecular flexibility index (Phi) is 4.68. The van der Waals surface area contributed by atoms with Crippen molar-refractivity contribution in [2.24, 2.45) is 0 Å². The number of halogens is 1. The number of carbonyl (C=O) groups is 2. The predicted octanol–water partition coefficient (Wildman–Crippen LogP) is 4.26. The number of phenols is 1. The molecule has 146 valence electrons. The molecule has 0 aliphatic rings. The number of fused-ring (bicyclic) bond motifs is 4. The van der Waals surface area contributed by atoms with Crippen molar-refractivity contribution >= 4 is 56.4 Å². The third kappa shape index (κ3) is 3.00. The van der Waals surface area contributed by atoms with Gasteiger partial charge in [-0.1, -0.05) is 35.9 Å². The number of aromatic hydroxyl groups is 1. The maximum absolute atomic E-state index is 12.6. The van der Waals surface area contributed by atoms with Crippen LogP contribution < -0.4 is 0 Å². The second-order valence-corrected chi connectivity index (χ2v) is 6.63. The van der Waals surface area contributed by atoms with Crippen molar-refractivity contribution in [2.45, 2.75) is 6.92 Å². The normalized spacial score (nSPS) is 11.1. The lowest BCUT2D eigenvalue weighted by Gasteiger charge is -2.13. The van der Waals surface area contributed by atoms with E-state index in [1.165, 1.54) is 19.2 Å². The standard InChI is InChI=1S/C21H15ClN2O5/c1-3-29-21(27)16-18-17(10-6-4-5-7-11(10)19(16)25)23-15-9-13(22)12(20(26)28-2)8-14(15)24-18/h4-9,25H,3H2,1-2H3. The molecule has 0 fully saturated rings. The topological polar surface area (TPSA) is 98.6 Å². The molecule has 7 nitrogen and oxygen atoms in total. The Labute approximate surface area is 169 Å². The number of esters is 2. The van der Waals surface area contributed by atoms with Crippen molar-refractivity contribution in [3.8, 4) is 5.75 Å². The lowest BCUT2D eigenvalue weighted by Crippen LogP contribution is -2.08. The molecule has 1 aromatic heterocycles. The Morgan fingerprint density at radius 1 is 1.03 bits per heavy atom. The van der Waals surface area contributed by atoms with E-state index in [9.17, 15) is 14.7 Å². The fraction of sp³-hybridized carbons (Fsp3) is 0.143. The average molecular weight is 411 g/mol. The van der Waals surface area contributed by atoms with E-state index in [2.05, 4.69) is 9.97 Å². The molecule has 0 unspecified atom stereocenters. The molecule has 0 atom stereocenters. The van der Waals surface area contributed by atoms with E-state index in [4.69, 9.17) is 21.1 Å². The molecule has 0 aliphatic heterocycles. The summed E-state index contributed by atoms with van der Waals surface area (Å²) in [6, 6.07) is 9.96. The lowest BCUT2D eigenvalue weighted by molar-refractivity contribution is 0.0524. The van der Waals surface area contributed by atoms with Gasteiger partial charge in [0.05, 0.1) is 40.9 Å². The van der Waals surface area contributed by atoms with Crippen LogP contribution in [0.5, 0.6) is 5.75 Å². The molecular formula is C21H15ClN2O5. The summed E-state index contributed by atoms with van der Waals surface area (Å²) in [4.78, 5) is 33.7. The quantitative estimate of drug-likeness (QED) is 0.306. The fourth-order valence-electron chi connectivity index (χ4n) is 3.25. The van der Waals surface area contributed by atoms with Gasteiger partial charge < -0.3 is 14.6 Å². The molecule has 1 N–H and O–H groups in total. The van der Waals surface area contributed by atoms with Crippen LogP contribution in [-0.2, 0) is 9.47 Å². The third-order valence-corrected chi connectivity index (χ3v) is 4.86. The van der Waals surface area contributed by atoms with Crippen molar-refractivity contribution in [2.75, 3.05) is 13.7 Å². The van der Waals surface area contributed by atoms with Gasteiger partial charge in [0.2, 0.25) is 0 Å². The molecule has 1 heterocycles. The third-order valence-electron chi connectivity index (χ3n) is 4.55. The van der Waals surface area contributed by atoms with Gasteiger partial charge >= 0.3 is 11.9 Å². The predicted molar refractivity (Wildman–Crippen MR) is 109 cm³/mol. The largest absolute Gasteiger partial charge is 0.506 e. The maximum atomic E-state index is 12.6. The molecule has 0 saturated carbocycles. The van der Waals surface area contributed by atoms with Crippen LogP contribution >= 0.6 is 11.6 Å². The van der Waals surface area contributed by atoms with Crippen LogP contribution in [0.3, 0.4) is 0 Å². The number of methoxy groups -OCH3 is 1. The number of hydrogen-bond acceptors (Lipinski definition) is 7. The Morgan fingerprint density at radius 2 is 1.69 bits per heavy atom. The van der Waals surface area contributed by atoms with E-state index in [1.807, 2.05) is 0 Å². The van der Waals surface area contributed by atoms with Gasteiger partial charge in [-0.3, -0.25) is 0 Å². The number of hydrogen-bond donors (Lipinski definition) is 1. The SMILES string of the molecule is CCOC(=O)c1c(O)c2ccccc2c2nc3cc(Cl)c(C(=O)OC)cc3nc12. The van der Waals surface area contributed by atoms with E-state index < -0.39 is 11.9 Å². The highest BCUT2D eigenvalue weighted by molar-refractivity contribution is 6.34. The Balaban J connectivity index is 2.16. The van der Waals surface area contributed by atoms with Gasteiger partial charge in [-0.25, -0.2) is 19.6 Å². The van der Waals surface area contributed by atoms with Gasteiger partial charge in [0.25, 0.3) is 0 Å². The van der Waals surface area contributed by atoms with Gasteiger partial charge in [-0.2, -0.15) is 0 Å². The van der Waals surface area contributed by atoms with E-state index in [0.29, 0.717) is 27.3 Å². The van der Waals surface area contributed by atoms with E-state index in [-0.39, 0.29) is 34.0 Å². The Bertz CT molecular complexity index is 1320. The molecule has 8 heteroatoms. The molecule has 29 heavy (non-hydrogen) atoms. The smallest absolute Gasteiger partial charge is 0.344 e. The first-order valence-electron chi connectivity index (χ1n) is 8.76. The molecule has 3 aromatic carbocycles. The zero-order valence-corrected chi connectivity index (χ0v) is 16.3.